The smallest absolute Gasteiger partial charge is 0.311 e. The summed E-state index contributed by atoms with van der Waals surface area (Å²) in [5.74, 6) is -1.13. The Balaban J connectivity index is 2.15. The summed E-state index contributed by atoms with van der Waals surface area (Å²) >= 11 is 0. The largest absolute Gasteiger partial charge is 0.481 e. The van der Waals surface area contributed by atoms with Crippen molar-refractivity contribution in [3.8, 4) is 0 Å². The highest BCUT2D eigenvalue weighted by molar-refractivity contribution is 5.75. The van der Waals surface area contributed by atoms with E-state index in [0.29, 0.717) is 38.3 Å². The van der Waals surface area contributed by atoms with E-state index in [0.717, 1.165) is 0 Å². The lowest BCUT2D eigenvalue weighted by molar-refractivity contribution is -0.154. The molecule has 0 unspecified atom stereocenters. The molecule has 0 aliphatic carbocycles. The topological polar surface area (TPSA) is 49.8 Å². The van der Waals surface area contributed by atoms with E-state index in [4.69, 9.17) is 4.74 Å². The van der Waals surface area contributed by atoms with Gasteiger partial charge in [0.05, 0.1) is 5.41 Å². The van der Waals surface area contributed by atoms with Crippen LogP contribution in [0.15, 0.2) is 24.3 Å². The average molecular weight is 267 g/mol. The van der Waals surface area contributed by atoms with Crippen molar-refractivity contribution in [2.24, 2.45) is 5.41 Å². The van der Waals surface area contributed by atoms with Gasteiger partial charge in [0.15, 0.2) is 0 Å². The standard InChI is InChI=1S/C14H18FNO3/c1-16(12-4-2-3-11(15)9-12)10-14(13(17)18)5-7-19-8-6-14/h2-4,9H,5-8,10H2,1H3,(H,17,18). The minimum absolute atomic E-state index is 0.319. The third kappa shape index (κ3) is 3.04. The van der Waals surface area contributed by atoms with Gasteiger partial charge in [0.1, 0.15) is 5.82 Å². The van der Waals surface area contributed by atoms with Crippen molar-refractivity contribution in [2.45, 2.75) is 12.8 Å². The summed E-state index contributed by atoms with van der Waals surface area (Å²) in [6.45, 7) is 1.28. The number of hydrogen-bond acceptors (Lipinski definition) is 3. The summed E-state index contributed by atoms with van der Waals surface area (Å²) in [4.78, 5) is 13.3. The molecule has 0 radical (unpaired) electrons. The van der Waals surface area contributed by atoms with Crippen LogP contribution in [0.3, 0.4) is 0 Å². The van der Waals surface area contributed by atoms with Crippen LogP contribution in [0.25, 0.3) is 0 Å². The van der Waals surface area contributed by atoms with Crippen molar-refractivity contribution in [1.82, 2.24) is 0 Å². The van der Waals surface area contributed by atoms with Gasteiger partial charge in [0.2, 0.25) is 0 Å². The number of nitrogens with zero attached hydrogens (tertiary/aromatic N) is 1. The first-order valence-electron chi connectivity index (χ1n) is 6.31. The Morgan fingerprint density at radius 3 is 2.74 bits per heavy atom. The van der Waals surface area contributed by atoms with E-state index in [1.54, 1.807) is 24.1 Å². The molecule has 104 valence electrons. The van der Waals surface area contributed by atoms with Crippen molar-refractivity contribution >= 4 is 11.7 Å². The number of carbonyl (C=O) groups is 1. The van der Waals surface area contributed by atoms with Crippen LogP contribution in [-0.4, -0.2) is 37.9 Å². The summed E-state index contributed by atoms with van der Waals surface area (Å²) in [5, 5.41) is 9.48. The molecule has 0 bridgehead atoms. The summed E-state index contributed by atoms with van der Waals surface area (Å²) < 4.78 is 18.4. The van der Waals surface area contributed by atoms with Crippen LogP contribution < -0.4 is 4.90 Å². The number of hydrogen-bond donors (Lipinski definition) is 1. The molecule has 1 aromatic carbocycles. The number of anilines is 1. The van der Waals surface area contributed by atoms with Crippen LogP contribution in [0.4, 0.5) is 10.1 Å². The Hall–Kier alpha value is -1.62. The van der Waals surface area contributed by atoms with Gasteiger partial charge in [-0.3, -0.25) is 4.79 Å². The minimum atomic E-state index is -0.806. The van der Waals surface area contributed by atoms with Crippen LogP contribution in [0.5, 0.6) is 0 Å². The monoisotopic (exact) mass is 267 g/mol. The van der Waals surface area contributed by atoms with Crippen LogP contribution >= 0.6 is 0 Å². The lowest BCUT2D eigenvalue weighted by Crippen LogP contribution is -2.45. The van der Waals surface area contributed by atoms with Crippen LogP contribution in [0, 0.1) is 11.2 Å². The highest BCUT2D eigenvalue weighted by Crippen LogP contribution is 2.33. The number of halogens is 1. The summed E-state index contributed by atoms with van der Waals surface area (Å²) in [6.07, 6.45) is 0.976. The van der Waals surface area contributed by atoms with Crippen molar-refractivity contribution in [1.29, 1.82) is 0 Å². The molecule has 0 atom stereocenters. The average Bonchev–Trinajstić information content (AvgIpc) is 2.39. The zero-order valence-electron chi connectivity index (χ0n) is 10.9. The molecule has 0 amide bonds. The van der Waals surface area contributed by atoms with E-state index < -0.39 is 11.4 Å². The maximum Gasteiger partial charge on any atom is 0.311 e. The van der Waals surface area contributed by atoms with E-state index in [-0.39, 0.29) is 5.82 Å². The zero-order chi connectivity index (χ0) is 13.9. The zero-order valence-corrected chi connectivity index (χ0v) is 10.9. The summed E-state index contributed by atoms with van der Waals surface area (Å²) in [5.41, 5.74) is -0.119. The fraction of sp³-hybridized carbons (Fsp3) is 0.500. The number of aliphatic carboxylic acids is 1. The molecule has 1 aromatic rings. The molecular formula is C14H18FNO3. The van der Waals surface area contributed by atoms with Crippen molar-refractivity contribution in [3.63, 3.8) is 0 Å². The third-order valence-electron chi connectivity index (χ3n) is 3.69. The van der Waals surface area contributed by atoms with Crippen molar-refractivity contribution in [3.05, 3.63) is 30.1 Å². The van der Waals surface area contributed by atoms with Crippen LogP contribution in [0.2, 0.25) is 0 Å². The number of carboxylic acids is 1. The first-order valence-corrected chi connectivity index (χ1v) is 6.31. The predicted molar refractivity (Wildman–Crippen MR) is 69.8 cm³/mol. The molecule has 0 saturated carbocycles. The van der Waals surface area contributed by atoms with Crippen molar-refractivity contribution < 1.29 is 19.0 Å². The number of benzene rings is 1. The lowest BCUT2D eigenvalue weighted by Gasteiger charge is -2.37. The molecule has 1 heterocycles. The second-order valence-corrected chi connectivity index (χ2v) is 5.03. The first kappa shape index (κ1) is 13.8. The Bertz CT molecular complexity index is 458. The molecule has 0 spiro atoms. The second-order valence-electron chi connectivity index (χ2n) is 5.03. The SMILES string of the molecule is CN(CC1(C(=O)O)CCOCC1)c1cccc(F)c1. The first-order chi connectivity index (χ1) is 9.03. The Morgan fingerprint density at radius 2 is 2.16 bits per heavy atom. The van der Waals surface area contributed by atoms with Gasteiger partial charge in [-0.1, -0.05) is 6.07 Å². The van der Waals surface area contributed by atoms with Crippen LogP contribution in [-0.2, 0) is 9.53 Å². The second kappa shape index (κ2) is 5.57. The van der Waals surface area contributed by atoms with Gasteiger partial charge in [0, 0.05) is 32.5 Å². The number of carboxylic acid groups (broad SMARTS) is 1. The normalized spacial score (nSPS) is 18.0. The maximum absolute atomic E-state index is 13.2. The third-order valence-corrected chi connectivity index (χ3v) is 3.69. The molecule has 0 aromatic heterocycles. The molecule has 5 heteroatoms. The molecular weight excluding hydrogens is 249 g/mol. The molecule has 1 aliphatic rings. The quantitative estimate of drug-likeness (QED) is 0.908. The maximum atomic E-state index is 13.2. The fourth-order valence-corrected chi connectivity index (χ4v) is 2.46. The van der Waals surface area contributed by atoms with Gasteiger partial charge in [0.25, 0.3) is 0 Å². The van der Waals surface area contributed by atoms with Gasteiger partial charge in [-0.2, -0.15) is 0 Å². The fourth-order valence-electron chi connectivity index (χ4n) is 2.46. The molecule has 1 saturated heterocycles. The van der Waals surface area contributed by atoms with E-state index in [2.05, 4.69) is 0 Å². The van der Waals surface area contributed by atoms with E-state index in [9.17, 15) is 14.3 Å². The van der Waals surface area contributed by atoms with Gasteiger partial charge < -0.3 is 14.7 Å². The summed E-state index contributed by atoms with van der Waals surface area (Å²) in [7, 11) is 1.79. The van der Waals surface area contributed by atoms with Gasteiger partial charge in [-0.05, 0) is 31.0 Å². The van der Waals surface area contributed by atoms with Crippen molar-refractivity contribution in [2.75, 3.05) is 31.7 Å². The summed E-state index contributed by atoms with van der Waals surface area (Å²) in [6, 6.07) is 6.18. The van der Waals surface area contributed by atoms with E-state index >= 15 is 0 Å². The van der Waals surface area contributed by atoms with E-state index in [1.165, 1.54) is 12.1 Å². The Morgan fingerprint density at radius 1 is 1.47 bits per heavy atom. The molecule has 19 heavy (non-hydrogen) atoms. The van der Waals surface area contributed by atoms with Gasteiger partial charge >= 0.3 is 5.97 Å². The number of rotatable bonds is 4. The molecule has 2 rings (SSSR count). The molecule has 1 aliphatic heterocycles. The predicted octanol–water partition coefficient (Wildman–Crippen LogP) is 2.14. The molecule has 1 N–H and O–H groups in total. The Kier molecular flexibility index (Phi) is 4.04. The minimum Gasteiger partial charge on any atom is -0.481 e. The lowest BCUT2D eigenvalue weighted by atomic mass is 9.79. The van der Waals surface area contributed by atoms with E-state index in [1.807, 2.05) is 0 Å². The number of ether oxygens (including phenoxy) is 1. The molecule has 4 nitrogen and oxygen atoms in total. The highest BCUT2D eigenvalue weighted by atomic mass is 19.1. The highest BCUT2D eigenvalue weighted by Gasteiger charge is 2.41. The molecule has 1 fully saturated rings. The van der Waals surface area contributed by atoms with Gasteiger partial charge in [-0.15, -0.1) is 0 Å². The Labute approximate surface area is 111 Å². The van der Waals surface area contributed by atoms with Gasteiger partial charge in [-0.25, -0.2) is 4.39 Å². The van der Waals surface area contributed by atoms with Crippen LogP contribution in [0.1, 0.15) is 12.8 Å².